The van der Waals surface area contributed by atoms with Gasteiger partial charge in [0.25, 0.3) is 0 Å². The van der Waals surface area contributed by atoms with E-state index in [4.69, 9.17) is 0 Å². The zero-order chi connectivity index (χ0) is 15.5. The van der Waals surface area contributed by atoms with Crippen LogP contribution < -0.4 is 5.32 Å². The molecule has 1 N–H and O–H groups in total. The Morgan fingerprint density at radius 2 is 2.33 bits per heavy atom. The van der Waals surface area contributed by atoms with E-state index in [1.165, 1.54) is 15.6 Å². The second-order valence-electron chi connectivity index (χ2n) is 5.16. The van der Waals surface area contributed by atoms with Crippen molar-refractivity contribution in [2.24, 2.45) is 0 Å². The number of nitrogens with one attached hydrogen (secondary N) is 1. The Labute approximate surface area is 129 Å². The summed E-state index contributed by atoms with van der Waals surface area (Å²) in [6, 6.07) is -0.560. The normalized spacial score (nSPS) is 19.8. The van der Waals surface area contributed by atoms with Crippen molar-refractivity contribution in [2.75, 3.05) is 12.3 Å². The molecule has 21 heavy (non-hydrogen) atoms. The highest BCUT2D eigenvalue weighted by Gasteiger charge is 2.37. The molecule has 2 rings (SSSR count). The molecule has 1 aliphatic heterocycles. The molecule has 0 aliphatic carbocycles. The van der Waals surface area contributed by atoms with E-state index < -0.39 is 16.1 Å². The second-order valence-corrected chi connectivity index (χ2v) is 8.14. The van der Waals surface area contributed by atoms with Gasteiger partial charge in [-0.1, -0.05) is 6.92 Å². The molecule has 0 radical (unpaired) electrons. The van der Waals surface area contributed by atoms with Crippen LogP contribution in [0.15, 0.2) is 5.51 Å². The molecule has 1 saturated heterocycles. The van der Waals surface area contributed by atoms with Crippen LogP contribution in [-0.2, 0) is 21.4 Å². The van der Waals surface area contributed by atoms with Gasteiger partial charge in [0.1, 0.15) is 6.04 Å². The minimum atomic E-state index is -3.32. The fourth-order valence-electron chi connectivity index (χ4n) is 2.49. The molecular weight excluding hydrogens is 310 g/mol. The average Bonchev–Trinajstić information content (AvgIpc) is 3.05. The number of hydrogen-bond acceptors (Lipinski definition) is 5. The molecule has 1 aromatic heterocycles. The topological polar surface area (TPSA) is 79.4 Å². The monoisotopic (exact) mass is 331 g/mol. The van der Waals surface area contributed by atoms with Gasteiger partial charge in [-0.05, 0) is 26.2 Å². The summed E-state index contributed by atoms with van der Waals surface area (Å²) in [4.78, 5) is 17.4. The summed E-state index contributed by atoms with van der Waals surface area (Å²) in [6.07, 6.45) is 1.89. The molecule has 1 amide bonds. The van der Waals surface area contributed by atoms with Crippen LogP contribution in [0.3, 0.4) is 0 Å². The first kappa shape index (κ1) is 16.4. The molecule has 1 aromatic rings. The van der Waals surface area contributed by atoms with Crippen LogP contribution in [0.25, 0.3) is 0 Å². The Bertz CT molecular complexity index is 598. The van der Waals surface area contributed by atoms with Gasteiger partial charge in [-0.25, -0.2) is 13.4 Å². The highest BCUT2D eigenvalue weighted by molar-refractivity contribution is 7.89. The van der Waals surface area contributed by atoms with Crippen molar-refractivity contribution in [3.05, 3.63) is 16.1 Å². The standard InChI is InChI=1S/C13H21N3O3S2/c1-3-7-21(18,19)16-6-4-5-11(16)13(17)14-8-12-10(2)15-9-20-12/h9,11H,3-8H2,1-2H3,(H,14,17). The first-order chi connectivity index (χ1) is 9.95. The van der Waals surface area contributed by atoms with E-state index in [1.54, 1.807) is 5.51 Å². The molecule has 0 aromatic carbocycles. The van der Waals surface area contributed by atoms with Gasteiger partial charge in [-0.3, -0.25) is 4.79 Å². The van der Waals surface area contributed by atoms with E-state index >= 15 is 0 Å². The molecule has 1 fully saturated rings. The number of rotatable bonds is 6. The number of hydrogen-bond donors (Lipinski definition) is 1. The maximum atomic E-state index is 12.3. The Hall–Kier alpha value is -0.990. The maximum absolute atomic E-state index is 12.3. The molecule has 0 bridgehead atoms. The third kappa shape index (κ3) is 3.81. The molecule has 6 nitrogen and oxygen atoms in total. The number of carbonyl (C=O) groups is 1. The second kappa shape index (κ2) is 6.85. The van der Waals surface area contributed by atoms with E-state index in [2.05, 4.69) is 10.3 Å². The van der Waals surface area contributed by atoms with Crippen molar-refractivity contribution >= 4 is 27.3 Å². The minimum absolute atomic E-state index is 0.102. The number of carbonyl (C=O) groups excluding carboxylic acids is 1. The van der Waals surface area contributed by atoms with Crippen LogP contribution in [0, 0.1) is 6.92 Å². The highest BCUT2D eigenvalue weighted by atomic mass is 32.2. The molecule has 1 unspecified atom stereocenters. The first-order valence-electron chi connectivity index (χ1n) is 7.12. The number of thiazole rings is 1. The molecular formula is C13H21N3O3S2. The summed E-state index contributed by atoms with van der Waals surface area (Å²) in [6.45, 7) is 4.58. The van der Waals surface area contributed by atoms with E-state index in [0.717, 1.165) is 17.0 Å². The zero-order valence-electron chi connectivity index (χ0n) is 12.3. The summed E-state index contributed by atoms with van der Waals surface area (Å²) in [5.41, 5.74) is 2.65. The van der Waals surface area contributed by atoms with Crippen molar-refractivity contribution in [3.8, 4) is 0 Å². The van der Waals surface area contributed by atoms with Gasteiger partial charge in [0.05, 0.1) is 23.5 Å². The van der Waals surface area contributed by atoms with Gasteiger partial charge in [-0.2, -0.15) is 4.31 Å². The lowest BCUT2D eigenvalue weighted by Crippen LogP contribution is -2.46. The van der Waals surface area contributed by atoms with Gasteiger partial charge >= 0.3 is 0 Å². The van der Waals surface area contributed by atoms with Crippen LogP contribution in [0.2, 0.25) is 0 Å². The van der Waals surface area contributed by atoms with Crippen molar-refractivity contribution < 1.29 is 13.2 Å². The fraction of sp³-hybridized carbons (Fsp3) is 0.692. The van der Waals surface area contributed by atoms with Crippen LogP contribution in [-0.4, -0.2) is 42.0 Å². The van der Waals surface area contributed by atoms with Gasteiger partial charge in [0.15, 0.2) is 0 Å². The Kier molecular flexibility index (Phi) is 5.34. The Morgan fingerprint density at radius 3 is 2.95 bits per heavy atom. The van der Waals surface area contributed by atoms with Crippen molar-refractivity contribution in [3.63, 3.8) is 0 Å². The number of sulfonamides is 1. The summed E-state index contributed by atoms with van der Waals surface area (Å²) < 4.78 is 25.7. The van der Waals surface area contributed by atoms with Crippen LogP contribution in [0.5, 0.6) is 0 Å². The van der Waals surface area contributed by atoms with E-state index in [0.29, 0.717) is 25.9 Å². The Morgan fingerprint density at radius 1 is 1.57 bits per heavy atom. The number of aryl methyl sites for hydroxylation is 1. The third-order valence-corrected chi connectivity index (χ3v) is 6.60. The summed E-state index contributed by atoms with van der Waals surface area (Å²) in [7, 11) is -3.32. The molecule has 118 valence electrons. The highest BCUT2D eigenvalue weighted by Crippen LogP contribution is 2.22. The lowest BCUT2D eigenvalue weighted by Gasteiger charge is -2.23. The largest absolute Gasteiger partial charge is 0.350 e. The number of nitrogens with zero attached hydrogens (tertiary/aromatic N) is 2. The summed E-state index contributed by atoms with van der Waals surface area (Å²) >= 11 is 1.49. The summed E-state index contributed by atoms with van der Waals surface area (Å²) in [5, 5.41) is 2.84. The quantitative estimate of drug-likeness (QED) is 0.851. The number of amides is 1. The van der Waals surface area contributed by atoms with Gasteiger partial charge in [0, 0.05) is 11.4 Å². The van der Waals surface area contributed by atoms with E-state index in [-0.39, 0.29) is 11.7 Å². The van der Waals surface area contributed by atoms with Crippen LogP contribution >= 0.6 is 11.3 Å². The van der Waals surface area contributed by atoms with Crippen molar-refractivity contribution in [1.82, 2.24) is 14.6 Å². The van der Waals surface area contributed by atoms with E-state index in [9.17, 15) is 13.2 Å². The fourth-order valence-corrected chi connectivity index (χ4v) is 4.95. The molecule has 1 aliphatic rings. The van der Waals surface area contributed by atoms with Crippen molar-refractivity contribution in [1.29, 1.82) is 0 Å². The lowest BCUT2D eigenvalue weighted by atomic mass is 10.2. The predicted molar refractivity (Wildman–Crippen MR) is 82.5 cm³/mol. The van der Waals surface area contributed by atoms with Gasteiger partial charge < -0.3 is 5.32 Å². The summed E-state index contributed by atoms with van der Waals surface area (Å²) in [5.74, 6) is -0.106. The van der Waals surface area contributed by atoms with Gasteiger partial charge in [0.2, 0.25) is 15.9 Å². The molecule has 0 spiro atoms. The minimum Gasteiger partial charge on any atom is -0.350 e. The predicted octanol–water partition coefficient (Wildman–Crippen LogP) is 1.27. The maximum Gasteiger partial charge on any atom is 0.238 e. The number of aromatic nitrogens is 1. The average molecular weight is 331 g/mol. The van der Waals surface area contributed by atoms with Crippen LogP contribution in [0.4, 0.5) is 0 Å². The van der Waals surface area contributed by atoms with Gasteiger partial charge in [-0.15, -0.1) is 11.3 Å². The smallest absolute Gasteiger partial charge is 0.238 e. The third-order valence-electron chi connectivity index (χ3n) is 3.59. The van der Waals surface area contributed by atoms with Crippen LogP contribution in [0.1, 0.15) is 36.8 Å². The SMILES string of the molecule is CCCS(=O)(=O)N1CCCC1C(=O)NCc1scnc1C. The molecule has 8 heteroatoms. The first-order valence-corrected chi connectivity index (χ1v) is 9.60. The molecule has 0 saturated carbocycles. The molecule has 2 heterocycles. The zero-order valence-corrected chi connectivity index (χ0v) is 14.0. The van der Waals surface area contributed by atoms with Crippen molar-refractivity contribution in [2.45, 2.75) is 45.7 Å². The molecule has 1 atom stereocenters. The lowest BCUT2D eigenvalue weighted by molar-refractivity contribution is -0.124. The van der Waals surface area contributed by atoms with E-state index in [1.807, 2.05) is 13.8 Å². The Balaban J connectivity index is 1.99.